The third-order valence-electron chi connectivity index (χ3n) is 4.79. The molecular formula is C23H18N4S. The highest BCUT2D eigenvalue weighted by Crippen LogP contribution is 2.34. The number of hydrogen-bond donors (Lipinski definition) is 1. The van der Waals surface area contributed by atoms with Gasteiger partial charge in [0.2, 0.25) is 0 Å². The number of anilines is 1. The Balaban J connectivity index is 1.39. The van der Waals surface area contributed by atoms with Gasteiger partial charge in [-0.2, -0.15) is 0 Å². The summed E-state index contributed by atoms with van der Waals surface area (Å²) in [6.45, 7) is 0.790. The van der Waals surface area contributed by atoms with Crippen LogP contribution < -0.4 is 5.32 Å². The van der Waals surface area contributed by atoms with Crippen molar-refractivity contribution in [2.45, 2.75) is 6.42 Å². The van der Waals surface area contributed by atoms with E-state index in [2.05, 4.69) is 74.9 Å². The highest BCUT2D eigenvalue weighted by Gasteiger charge is 2.10. The van der Waals surface area contributed by atoms with Crippen LogP contribution in [0.15, 0.2) is 79.3 Å². The van der Waals surface area contributed by atoms with Crippen LogP contribution in [0, 0.1) is 0 Å². The predicted octanol–water partition coefficient (Wildman–Crippen LogP) is 5.56. The molecule has 4 nitrogen and oxygen atoms in total. The molecule has 136 valence electrons. The predicted molar refractivity (Wildman–Crippen MR) is 117 cm³/mol. The zero-order valence-electron chi connectivity index (χ0n) is 15.2. The van der Waals surface area contributed by atoms with Gasteiger partial charge in [-0.1, -0.05) is 54.6 Å². The van der Waals surface area contributed by atoms with Gasteiger partial charge in [0.05, 0.1) is 10.9 Å². The van der Waals surface area contributed by atoms with Crippen molar-refractivity contribution >= 4 is 38.3 Å². The van der Waals surface area contributed by atoms with Crippen LogP contribution in [0.25, 0.3) is 31.6 Å². The molecule has 3 aromatic heterocycles. The Hall–Kier alpha value is -3.31. The Bertz CT molecular complexity index is 1240. The Morgan fingerprint density at radius 2 is 1.75 bits per heavy atom. The molecule has 0 saturated carbocycles. The van der Waals surface area contributed by atoms with Crippen LogP contribution in [0.4, 0.5) is 5.82 Å². The standard InChI is InChI=1S/C23H18N4S/c1-2-6-16(7-3-1)20-14-19-22(26-15-27-23(19)28-20)25-13-11-18-9-4-8-17-10-5-12-24-21(17)18/h1-10,12,14-15H,11,13H2,(H,25,26,27). The van der Waals surface area contributed by atoms with Crippen molar-refractivity contribution in [1.82, 2.24) is 15.0 Å². The lowest BCUT2D eigenvalue weighted by atomic mass is 10.1. The lowest BCUT2D eigenvalue weighted by Crippen LogP contribution is -2.07. The number of nitrogens with zero attached hydrogens (tertiary/aromatic N) is 3. The second-order valence-electron chi connectivity index (χ2n) is 6.59. The summed E-state index contributed by atoms with van der Waals surface area (Å²) in [5.41, 5.74) is 3.52. The molecule has 1 N–H and O–H groups in total. The van der Waals surface area contributed by atoms with Crippen LogP contribution in [0.5, 0.6) is 0 Å². The lowest BCUT2D eigenvalue weighted by molar-refractivity contribution is 1.01. The van der Waals surface area contributed by atoms with E-state index in [1.807, 2.05) is 18.3 Å². The molecule has 0 spiro atoms. The fraction of sp³-hybridized carbons (Fsp3) is 0.0870. The topological polar surface area (TPSA) is 50.7 Å². The Labute approximate surface area is 166 Å². The van der Waals surface area contributed by atoms with Gasteiger partial charge < -0.3 is 5.32 Å². The summed E-state index contributed by atoms with van der Waals surface area (Å²) in [5, 5.41) is 5.74. The van der Waals surface area contributed by atoms with Crippen LogP contribution in [0.1, 0.15) is 5.56 Å². The molecule has 0 saturated heterocycles. The van der Waals surface area contributed by atoms with Crippen molar-refractivity contribution in [3.05, 3.63) is 84.8 Å². The number of para-hydroxylation sites is 1. The monoisotopic (exact) mass is 382 g/mol. The largest absolute Gasteiger partial charge is 0.369 e. The van der Waals surface area contributed by atoms with Crippen molar-refractivity contribution < 1.29 is 0 Å². The number of pyridine rings is 1. The number of thiophene rings is 1. The number of hydrogen-bond acceptors (Lipinski definition) is 5. The molecule has 0 atom stereocenters. The Kier molecular flexibility index (Phi) is 4.43. The minimum absolute atomic E-state index is 0.790. The summed E-state index contributed by atoms with van der Waals surface area (Å²) in [4.78, 5) is 15.7. The Morgan fingerprint density at radius 3 is 2.68 bits per heavy atom. The summed E-state index contributed by atoms with van der Waals surface area (Å²) in [5.74, 6) is 0.886. The molecule has 0 fully saturated rings. The van der Waals surface area contributed by atoms with Crippen LogP contribution >= 0.6 is 11.3 Å². The van der Waals surface area contributed by atoms with E-state index in [0.717, 1.165) is 34.5 Å². The van der Waals surface area contributed by atoms with Gasteiger partial charge in [0, 0.05) is 23.0 Å². The minimum Gasteiger partial charge on any atom is -0.369 e. The van der Waals surface area contributed by atoms with Gasteiger partial charge in [0.15, 0.2) is 0 Å². The number of benzene rings is 2. The maximum absolute atomic E-state index is 4.54. The van der Waals surface area contributed by atoms with Crippen LogP contribution in [0.2, 0.25) is 0 Å². The average molecular weight is 382 g/mol. The molecule has 0 bridgehead atoms. The maximum atomic E-state index is 4.54. The van der Waals surface area contributed by atoms with E-state index >= 15 is 0 Å². The second kappa shape index (κ2) is 7.37. The van der Waals surface area contributed by atoms with Gasteiger partial charge in [-0.05, 0) is 29.7 Å². The lowest BCUT2D eigenvalue weighted by Gasteiger charge is -2.08. The van der Waals surface area contributed by atoms with Crippen molar-refractivity contribution in [2.75, 3.05) is 11.9 Å². The van der Waals surface area contributed by atoms with Gasteiger partial charge in [0.1, 0.15) is 17.0 Å². The number of rotatable bonds is 5. The molecule has 0 unspecified atom stereocenters. The first-order valence-electron chi connectivity index (χ1n) is 9.25. The molecule has 0 aliphatic carbocycles. The van der Waals surface area contributed by atoms with E-state index in [-0.39, 0.29) is 0 Å². The summed E-state index contributed by atoms with van der Waals surface area (Å²) < 4.78 is 0. The normalized spacial score (nSPS) is 11.1. The van der Waals surface area contributed by atoms with E-state index in [1.165, 1.54) is 21.4 Å². The van der Waals surface area contributed by atoms with Crippen molar-refractivity contribution in [2.24, 2.45) is 0 Å². The summed E-state index contributed by atoms with van der Waals surface area (Å²) >= 11 is 1.70. The average Bonchev–Trinajstić information content (AvgIpc) is 3.20. The first kappa shape index (κ1) is 16.8. The fourth-order valence-corrected chi connectivity index (χ4v) is 4.43. The molecule has 2 aromatic carbocycles. The van der Waals surface area contributed by atoms with E-state index in [0.29, 0.717) is 0 Å². The summed E-state index contributed by atoms with van der Waals surface area (Å²) in [7, 11) is 0. The quantitative estimate of drug-likeness (QED) is 0.432. The van der Waals surface area contributed by atoms with Crippen molar-refractivity contribution in [3.8, 4) is 10.4 Å². The molecule has 5 heteroatoms. The highest BCUT2D eigenvalue weighted by molar-refractivity contribution is 7.21. The van der Waals surface area contributed by atoms with Gasteiger partial charge in [-0.15, -0.1) is 11.3 Å². The van der Waals surface area contributed by atoms with E-state index in [9.17, 15) is 0 Å². The molecule has 5 aromatic rings. The smallest absolute Gasteiger partial charge is 0.138 e. The zero-order chi connectivity index (χ0) is 18.8. The van der Waals surface area contributed by atoms with Crippen LogP contribution in [-0.4, -0.2) is 21.5 Å². The van der Waals surface area contributed by atoms with Crippen LogP contribution in [-0.2, 0) is 6.42 Å². The van der Waals surface area contributed by atoms with E-state index in [1.54, 1.807) is 17.7 Å². The molecule has 0 aliphatic rings. The first-order chi connectivity index (χ1) is 13.9. The summed E-state index contributed by atoms with van der Waals surface area (Å²) in [6.07, 6.45) is 4.37. The molecule has 5 rings (SSSR count). The van der Waals surface area contributed by atoms with E-state index in [4.69, 9.17) is 0 Å². The third-order valence-corrected chi connectivity index (χ3v) is 5.88. The SMILES string of the molecule is c1ccc(-c2cc3c(NCCc4cccc5cccnc45)ncnc3s2)cc1. The number of aromatic nitrogens is 3. The molecular weight excluding hydrogens is 364 g/mol. The molecule has 0 amide bonds. The van der Waals surface area contributed by atoms with Crippen molar-refractivity contribution in [3.63, 3.8) is 0 Å². The number of fused-ring (bicyclic) bond motifs is 2. The fourth-order valence-electron chi connectivity index (χ4n) is 3.43. The van der Waals surface area contributed by atoms with Gasteiger partial charge in [-0.25, -0.2) is 9.97 Å². The van der Waals surface area contributed by atoms with Gasteiger partial charge in [-0.3, -0.25) is 4.98 Å². The zero-order valence-corrected chi connectivity index (χ0v) is 16.0. The minimum atomic E-state index is 0.790. The first-order valence-corrected chi connectivity index (χ1v) is 10.1. The van der Waals surface area contributed by atoms with Crippen molar-refractivity contribution in [1.29, 1.82) is 0 Å². The number of nitrogens with one attached hydrogen (secondary N) is 1. The third kappa shape index (κ3) is 3.21. The van der Waals surface area contributed by atoms with Gasteiger partial charge in [0.25, 0.3) is 0 Å². The molecule has 0 radical (unpaired) electrons. The molecule has 0 aliphatic heterocycles. The molecule has 3 heterocycles. The Morgan fingerprint density at radius 1 is 0.857 bits per heavy atom. The second-order valence-corrected chi connectivity index (χ2v) is 7.62. The van der Waals surface area contributed by atoms with E-state index < -0.39 is 0 Å². The summed E-state index contributed by atoms with van der Waals surface area (Å²) in [6, 6.07) is 23.0. The highest BCUT2D eigenvalue weighted by atomic mass is 32.1. The maximum Gasteiger partial charge on any atom is 0.138 e. The van der Waals surface area contributed by atoms with Gasteiger partial charge >= 0.3 is 0 Å². The molecule has 28 heavy (non-hydrogen) atoms. The van der Waals surface area contributed by atoms with Crippen LogP contribution in [0.3, 0.4) is 0 Å².